The molecule has 14 heteroatoms. The maximum absolute atomic E-state index is 13.2. The molecule has 322 valence electrons. The van der Waals surface area contributed by atoms with Crippen molar-refractivity contribution in [2.45, 2.75) is 186 Å². The van der Waals surface area contributed by atoms with E-state index in [1.807, 2.05) is 6.92 Å². The van der Waals surface area contributed by atoms with Gasteiger partial charge in [-0.2, -0.15) is 0 Å². The molecule has 7 fully saturated rings. The molecule has 5 saturated carbocycles. The topological polar surface area (TPSA) is 236 Å². The van der Waals surface area contributed by atoms with Crippen molar-refractivity contribution in [2.75, 3.05) is 13.2 Å². The third-order valence-corrected chi connectivity index (χ3v) is 18.3. The third-order valence-electron chi connectivity index (χ3n) is 18.3. The minimum atomic E-state index is -1.76. The number of aliphatic carboxylic acids is 1. The van der Waals surface area contributed by atoms with Crippen LogP contribution in [0.25, 0.3) is 0 Å². The molecule has 14 nitrogen and oxygen atoms in total. The number of fused-ring (bicyclic) bond motifs is 7. The monoisotopic (exact) mass is 798 g/mol. The number of rotatable bonds is 7. The predicted molar refractivity (Wildman–Crippen MR) is 199 cm³/mol. The van der Waals surface area contributed by atoms with Gasteiger partial charge >= 0.3 is 5.97 Å². The molecule has 0 aromatic carbocycles. The lowest BCUT2D eigenvalue weighted by atomic mass is 9.31. The maximum atomic E-state index is 13.2. The van der Waals surface area contributed by atoms with Gasteiger partial charge in [-0.05, 0) is 122 Å². The lowest BCUT2D eigenvalue weighted by molar-refractivity contribution is -0.378. The number of hydrogen-bond donors (Lipinski definition) is 9. The molecule has 9 N–H and O–H groups in total. The summed E-state index contributed by atoms with van der Waals surface area (Å²) in [6.07, 6.45) is -7.73. The van der Waals surface area contributed by atoms with Gasteiger partial charge in [0.1, 0.15) is 48.8 Å². The minimum absolute atomic E-state index is 0.0515. The first-order valence-electron chi connectivity index (χ1n) is 21.3. The van der Waals surface area contributed by atoms with Crippen LogP contribution in [0.4, 0.5) is 0 Å². The Labute approximate surface area is 330 Å². The fourth-order valence-electron chi connectivity index (χ4n) is 14.6. The lowest BCUT2D eigenvalue weighted by Crippen LogP contribution is -2.69. The van der Waals surface area contributed by atoms with E-state index < -0.39 is 103 Å². The molecule has 0 bridgehead atoms. The highest BCUT2D eigenvalue weighted by atomic mass is 16.8. The number of carboxylic acids is 1. The highest BCUT2D eigenvalue weighted by Gasteiger charge is 2.72. The summed E-state index contributed by atoms with van der Waals surface area (Å²) in [5, 5.41) is 95.7. The van der Waals surface area contributed by atoms with E-state index in [0.717, 1.165) is 38.5 Å². The fraction of sp³-hybridized carbons (Fsp3) is 0.976. The molecule has 0 aromatic rings. The van der Waals surface area contributed by atoms with Crippen molar-refractivity contribution in [2.24, 2.45) is 56.7 Å². The standard InChI is InChI=1S/C42H70O14/c1-20-27-21-8-9-25-38(4)12-11-26(55-35-33(31(48)29(46)23(19-44)54-35)56-34-32(49)30(47)28(45)22(18-43)53-34)37(2,3)24(38)10-13-40(25,6)39(21,5)14-16-42(27,36(50)51)17-15-41(20,7)52/h20-35,43-49,52H,8-19H2,1-7H3,(H,50,51)/t20-,21+,22+,23+,24-,25+,26-,27+,28+,29-,30-,31-,32+,33+,34-,35-,38-,39+,40+,41+,42+/m0/s1. The van der Waals surface area contributed by atoms with Crippen molar-refractivity contribution in [3.05, 3.63) is 0 Å². The van der Waals surface area contributed by atoms with Gasteiger partial charge in [0.2, 0.25) is 0 Å². The molecule has 5 aliphatic carbocycles. The molecule has 0 unspecified atom stereocenters. The van der Waals surface area contributed by atoms with Crippen LogP contribution >= 0.6 is 0 Å². The number of aliphatic hydroxyl groups excluding tert-OH is 7. The molecule has 2 aliphatic heterocycles. The van der Waals surface area contributed by atoms with Gasteiger partial charge in [0.25, 0.3) is 0 Å². The first-order valence-corrected chi connectivity index (χ1v) is 21.3. The third kappa shape index (κ3) is 6.12. The predicted octanol–water partition coefficient (Wildman–Crippen LogP) is 1.93. The highest BCUT2D eigenvalue weighted by Crippen LogP contribution is 2.77. The van der Waals surface area contributed by atoms with Crippen molar-refractivity contribution in [3.63, 3.8) is 0 Å². The first kappa shape index (κ1) is 43.1. The van der Waals surface area contributed by atoms with Gasteiger partial charge in [0.05, 0.1) is 30.3 Å². The molecule has 21 atom stereocenters. The summed E-state index contributed by atoms with van der Waals surface area (Å²) in [6, 6.07) is 0. The van der Waals surface area contributed by atoms with Gasteiger partial charge in [-0.25, -0.2) is 0 Å². The van der Waals surface area contributed by atoms with Crippen LogP contribution in [-0.2, 0) is 23.7 Å². The van der Waals surface area contributed by atoms with Gasteiger partial charge in [0.15, 0.2) is 12.6 Å². The van der Waals surface area contributed by atoms with Gasteiger partial charge in [-0.1, -0.05) is 41.5 Å². The largest absolute Gasteiger partial charge is 0.481 e. The van der Waals surface area contributed by atoms with E-state index in [2.05, 4.69) is 41.5 Å². The zero-order valence-electron chi connectivity index (χ0n) is 34.3. The molecule has 0 amide bonds. The molecular weight excluding hydrogens is 728 g/mol. The molecule has 7 rings (SSSR count). The zero-order chi connectivity index (χ0) is 41.1. The average Bonchev–Trinajstić information content (AvgIpc) is 3.14. The second-order valence-corrected chi connectivity index (χ2v) is 20.8. The molecule has 2 heterocycles. The van der Waals surface area contributed by atoms with E-state index >= 15 is 0 Å². The first-order chi connectivity index (χ1) is 26.1. The van der Waals surface area contributed by atoms with Crippen LogP contribution in [0, 0.1) is 56.7 Å². The van der Waals surface area contributed by atoms with Crippen LogP contribution in [0.1, 0.15) is 113 Å². The number of carboxylic acid groups (broad SMARTS) is 1. The van der Waals surface area contributed by atoms with Gasteiger partial charge in [0, 0.05) is 0 Å². The highest BCUT2D eigenvalue weighted by molar-refractivity contribution is 5.76. The van der Waals surface area contributed by atoms with Gasteiger partial charge < -0.3 is 64.9 Å². The SMILES string of the molecule is C[C@H]1[C@@H]2[C@H]3CC[C@@H]4[C@@]5(C)CC[C@H](O[C@@H]6O[C@H](CO)[C@H](O)[C@H](O)[C@H]6O[C@@H]6O[C@H](CO)[C@@H](O)[C@H](O)[C@H]6O)C(C)(C)[C@@H]5CC[C@@]4(C)[C@]3(C)CC[C@@]2(C(=O)O)CC[C@@]1(C)O. The van der Waals surface area contributed by atoms with E-state index in [1.165, 1.54) is 0 Å². The minimum Gasteiger partial charge on any atom is -0.481 e. The zero-order valence-corrected chi connectivity index (χ0v) is 34.3. The Kier molecular flexibility index (Phi) is 11.2. The Morgan fingerprint density at radius 3 is 1.89 bits per heavy atom. The summed E-state index contributed by atoms with van der Waals surface area (Å²) in [5.74, 6) is -0.150. The number of ether oxygens (including phenoxy) is 4. The molecule has 2 saturated heterocycles. The summed E-state index contributed by atoms with van der Waals surface area (Å²) in [6.45, 7) is 14.4. The average molecular weight is 799 g/mol. The van der Waals surface area contributed by atoms with Crippen LogP contribution in [0.5, 0.6) is 0 Å². The van der Waals surface area contributed by atoms with Crippen molar-refractivity contribution >= 4 is 5.97 Å². The number of hydrogen-bond acceptors (Lipinski definition) is 13. The van der Waals surface area contributed by atoms with E-state index in [0.29, 0.717) is 31.6 Å². The quantitative estimate of drug-likeness (QED) is 0.168. The molecule has 0 aromatic heterocycles. The van der Waals surface area contributed by atoms with Crippen molar-refractivity contribution in [3.8, 4) is 0 Å². The Morgan fingerprint density at radius 1 is 0.661 bits per heavy atom. The molecule has 56 heavy (non-hydrogen) atoms. The molecule has 0 spiro atoms. The molecule has 7 aliphatic rings. The Hall–Kier alpha value is -1.01. The van der Waals surface area contributed by atoms with Crippen LogP contribution in [0.3, 0.4) is 0 Å². The number of carbonyl (C=O) groups is 1. The van der Waals surface area contributed by atoms with Crippen LogP contribution in [0.2, 0.25) is 0 Å². The van der Waals surface area contributed by atoms with Crippen molar-refractivity contribution in [1.82, 2.24) is 0 Å². The van der Waals surface area contributed by atoms with E-state index in [-0.39, 0.29) is 39.9 Å². The smallest absolute Gasteiger partial charge is 0.309 e. The summed E-state index contributed by atoms with van der Waals surface area (Å²) < 4.78 is 24.4. The summed E-state index contributed by atoms with van der Waals surface area (Å²) in [7, 11) is 0. The normalized spacial score (nSPS) is 56.9. The van der Waals surface area contributed by atoms with Crippen LogP contribution in [-0.4, -0.2) is 138 Å². The van der Waals surface area contributed by atoms with E-state index in [9.17, 15) is 50.8 Å². The van der Waals surface area contributed by atoms with Gasteiger partial charge in [-0.15, -0.1) is 0 Å². The maximum Gasteiger partial charge on any atom is 0.309 e. The van der Waals surface area contributed by atoms with Crippen LogP contribution < -0.4 is 0 Å². The van der Waals surface area contributed by atoms with Crippen molar-refractivity contribution in [1.29, 1.82) is 0 Å². The van der Waals surface area contributed by atoms with E-state index in [4.69, 9.17) is 18.9 Å². The van der Waals surface area contributed by atoms with Gasteiger partial charge in [-0.3, -0.25) is 4.79 Å². The summed E-state index contributed by atoms with van der Waals surface area (Å²) >= 11 is 0. The van der Waals surface area contributed by atoms with E-state index in [1.54, 1.807) is 0 Å². The Bertz CT molecular complexity index is 1460. The molecule has 0 radical (unpaired) electrons. The Morgan fingerprint density at radius 2 is 1.27 bits per heavy atom. The molecular formula is C42H70O14. The summed E-state index contributed by atoms with van der Waals surface area (Å²) in [5.41, 5.74) is -2.35. The fourth-order valence-corrected chi connectivity index (χ4v) is 14.6. The lowest BCUT2D eigenvalue weighted by Gasteiger charge is -2.74. The van der Waals surface area contributed by atoms with Crippen molar-refractivity contribution < 1.29 is 69.7 Å². The summed E-state index contributed by atoms with van der Waals surface area (Å²) in [4.78, 5) is 13.2. The second-order valence-electron chi connectivity index (χ2n) is 20.8. The Balaban J connectivity index is 1.14. The number of aliphatic hydroxyl groups is 8. The second kappa shape index (κ2) is 14.6. The van der Waals surface area contributed by atoms with Crippen LogP contribution in [0.15, 0.2) is 0 Å².